The summed E-state index contributed by atoms with van der Waals surface area (Å²) < 4.78 is 0. The molecule has 1 amide bonds. The minimum Gasteiger partial charge on any atom is -0.350 e. The summed E-state index contributed by atoms with van der Waals surface area (Å²) >= 11 is 0. The number of nitrogens with one attached hydrogen (secondary N) is 1. The van der Waals surface area contributed by atoms with Gasteiger partial charge in [-0.1, -0.05) is 60.4 Å². The van der Waals surface area contributed by atoms with Crippen LogP contribution in [0, 0.1) is 13.8 Å². The zero-order valence-electron chi connectivity index (χ0n) is 16.0. The van der Waals surface area contributed by atoms with Gasteiger partial charge >= 0.3 is 0 Å². The van der Waals surface area contributed by atoms with Gasteiger partial charge in [0.1, 0.15) is 0 Å². The predicted molar refractivity (Wildman–Crippen MR) is 107 cm³/mol. The highest BCUT2D eigenvalue weighted by atomic mass is 16.1. The molecule has 138 valence electrons. The molecule has 1 aliphatic rings. The SMILES string of the molecule is Cc1ccc(C(=O)NCC(c2ccc(C)cc2)N2CCCCCC2)cc1. The van der Waals surface area contributed by atoms with E-state index < -0.39 is 0 Å². The monoisotopic (exact) mass is 350 g/mol. The molecule has 0 bridgehead atoms. The van der Waals surface area contributed by atoms with Crippen molar-refractivity contribution in [2.75, 3.05) is 19.6 Å². The van der Waals surface area contributed by atoms with Crippen molar-refractivity contribution in [2.45, 2.75) is 45.6 Å². The van der Waals surface area contributed by atoms with Gasteiger partial charge in [-0.2, -0.15) is 0 Å². The fraction of sp³-hybridized carbons (Fsp3) is 0.435. The first-order chi connectivity index (χ1) is 12.6. The third-order valence-electron chi connectivity index (χ3n) is 5.31. The van der Waals surface area contributed by atoms with Crippen molar-refractivity contribution in [1.29, 1.82) is 0 Å². The molecular formula is C23H30N2O. The zero-order valence-corrected chi connectivity index (χ0v) is 16.0. The normalized spacial score (nSPS) is 16.7. The Morgan fingerprint density at radius 2 is 1.42 bits per heavy atom. The number of hydrogen-bond donors (Lipinski definition) is 1. The van der Waals surface area contributed by atoms with Gasteiger partial charge < -0.3 is 5.32 Å². The van der Waals surface area contributed by atoms with Crippen LogP contribution in [-0.4, -0.2) is 30.4 Å². The van der Waals surface area contributed by atoms with Gasteiger partial charge in [0, 0.05) is 12.1 Å². The molecule has 1 unspecified atom stereocenters. The molecule has 3 nitrogen and oxygen atoms in total. The minimum absolute atomic E-state index is 0.0110. The van der Waals surface area contributed by atoms with E-state index in [1.807, 2.05) is 31.2 Å². The van der Waals surface area contributed by atoms with E-state index in [0.717, 1.165) is 18.7 Å². The Kier molecular flexibility index (Phi) is 6.45. The molecule has 0 radical (unpaired) electrons. The molecular weight excluding hydrogens is 320 g/mol. The molecule has 1 fully saturated rings. The lowest BCUT2D eigenvalue weighted by Crippen LogP contribution is -2.38. The van der Waals surface area contributed by atoms with Crippen molar-refractivity contribution < 1.29 is 4.79 Å². The second-order valence-electron chi connectivity index (χ2n) is 7.45. The van der Waals surface area contributed by atoms with E-state index in [2.05, 4.69) is 41.4 Å². The molecule has 2 aromatic carbocycles. The second-order valence-corrected chi connectivity index (χ2v) is 7.45. The van der Waals surface area contributed by atoms with Crippen LogP contribution in [0.2, 0.25) is 0 Å². The van der Waals surface area contributed by atoms with Crippen LogP contribution in [-0.2, 0) is 0 Å². The third kappa shape index (κ3) is 4.95. The lowest BCUT2D eigenvalue weighted by molar-refractivity contribution is 0.0933. The van der Waals surface area contributed by atoms with Gasteiger partial charge in [-0.25, -0.2) is 0 Å². The molecule has 26 heavy (non-hydrogen) atoms. The Morgan fingerprint density at radius 3 is 2.00 bits per heavy atom. The van der Waals surface area contributed by atoms with E-state index in [-0.39, 0.29) is 11.9 Å². The van der Waals surface area contributed by atoms with E-state index in [4.69, 9.17) is 0 Å². The average Bonchev–Trinajstić information content (AvgIpc) is 2.93. The van der Waals surface area contributed by atoms with Crippen LogP contribution in [0.3, 0.4) is 0 Å². The first-order valence-electron chi connectivity index (χ1n) is 9.79. The van der Waals surface area contributed by atoms with E-state index in [9.17, 15) is 4.79 Å². The maximum atomic E-state index is 12.6. The number of benzene rings is 2. The fourth-order valence-corrected chi connectivity index (χ4v) is 3.65. The Hall–Kier alpha value is -2.13. The van der Waals surface area contributed by atoms with Crippen LogP contribution in [0.4, 0.5) is 0 Å². The molecule has 0 aliphatic carbocycles. The molecule has 3 rings (SSSR count). The summed E-state index contributed by atoms with van der Waals surface area (Å²) in [5.74, 6) is 0.0110. The Balaban J connectivity index is 1.73. The van der Waals surface area contributed by atoms with Crippen molar-refractivity contribution in [3.63, 3.8) is 0 Å². The summed E-state index contributed by atoms with van der Waals surface area (Å²) in [4.78, 5) is 15.1. The molecule has 3 heteroatoms. The maximum absolute atomic E-state index is 12.6. The molecule has 1 atom stereocenters. The number of hydrogen-bond acceptors (Lipinski definition) is 2. The number of likely N-dealkylation sites (tertiary alicyclic amines) is 1. The molecule has 1 heterocycles. The van der Waals surface area contributed by atoms with Gasteiger partial charge in [0.25, 0.3) is 5.91 Å². The highest BCUT2D eigenvalue weighted by molar-refractivity contribution is 5.94. The lowest BCUT2D eigenvalue weighted by atomic mass is 10.0. The molecule has 0 saturated carbocycles. The number of carbonyl (C=O) groups excluding carboxylic acids is 1. The first kappa shape index (κ1) is 18.7. The van der Waals surface area contributed by atoms with E-state index >= 15 is 0 Å². The van der Waals surface area contributed by atoms with E-state index in [0.29, 0.717) is 6.54 Å². The van der Waals surface area contributed by atoms with Crippen LogP contribution >= 0.6 is 0 Å². The molecule has 1 N–H and O–H groups in total. The number of rotatable bonds is 5. The number of carbonyl (C=O) groups is 1. The van der Waals surface area contributed by atoms with Crippen molar-refractivity contribution in [2.24, 2.45) is 0 Å². The Bertz CT molecular complexity index is 698. The number of amides is 1. The summed E-state index contributed by atoms with van der Waals surface area (Å²) in [5, 5.41) is 3.17. The summed E-state index contributed by atoms with van der Waals surface area (Å²) in [5.41, 5.74) is 4.46. The molecule has 2 aromatic rings. The first-order valence-corrected chi connectivity index (χ1v) is 9.79. The van der Waals surface area contributed by atoms with Crippen LogP contribution in [0.15, 0.2) is 48.5 Å². The Morgan fingerprint density at radius 1 is 0.885 bits per heavy atom. The smallest absolute Gasteiger partial charge is 0.251 e. The van der Waals surface area contributed by atoms with E-state index in [1.54, 1.807) is 0 Å². The van der Waals surface area contributed by atoms with Crippen molar-refractivity contribution in [3.8, 4) is 0 Å². The van der Waals surface area contributed by atoms with Crippen molar-refractivity contribution >= 4 is 5.91 Å². The quantitative estimate of drug-likeness (QED) is 0.851. The predicted octanol–water partition coefficient (Wildman–Crippen LogP) is 4.65. The Labute approximate surface area is 157 Å². The van der Waals surface area contributed by atoms with Gasteiger partial charge in [0.15, 0.2) is 0 Å². The summed E-state index contributed by atoms with van der Waals surface area (Å²) in [6.07, 6.45) is 5.11. The number of nitrogens with zero attached hydrogens (tertiary/aromatic N) is 1. The van der Waals surface area contributed by atoms with Gasteiger partial charge in [-0.05, 0) is 57.5 Å². The van der Waals surface area contributed by atoms with Crippen molar-refractivity contribution in [3.05, 3.63) is 70.8 Å². The van der Waals surface area contributed by atoms with Crippen LogP contribution in [0.25, 0.3) is 0 Å². The van der Waals surface area contributed by atoms with Gasteiger partial charge in [0.05, 0.1) is 6.04 Å². The van der Waals surface area contributed by atoms with E-state index in [1.165, 1.54) is 42.4 Å². The highest BCUT2D eigenvalue weighted by Crippen LogP contribution is 2.24. The van der Waals surface area contributed by atoms with Gasteiger partial charge in [-0.15, -0.1) is 0 Å². The highest BCUT2D eigenvalue weighted by Gasteiger charge is 2.22. The fourth-order valence-electron chi connectivity index (χ4n) is 3.65. The lowest BCUT2D eigenvalue weighted by Gasteiger charge is -2.31. The molecule has 1 aliphatic heterocycles. The number of aryl methyl sites for hydroxylation is 2. The maximum Gasteiger partial charge on any atom is 0.251 e. The van der Waals surface area contributed by atoms with Gasteiger partial charge in [0.2, 0.25) is 0 Å². The standard InChI is InChI=1S/C23H30N2O/c1-18-7-11-20(12-8-18)22(25-15-5-3-4-6-16-25)17-24-23(26)21-13-9-19(2)10-14-21/h7-14,22H,3-6,15-17H2,1-2H3,(H,24,26). The topological polar surface area (TPSA) is 32.3 Å². The minimum atomic E-state index is 0.0110. The average molecular weight is 351 g/mol. The van der Waals surface area contributed by atoms with Gasteiger partial charge in [-0.3, -0.25) is 9.69 Å². The van der Waals surface area contributed by atoms with Crippen molar-refractivity contribution in [1.82, 2.24) is 10.2 Å². The summed E-state index contributed by atoms with van der Waals surface area (Å²) in [7, 11) is 0. The molecule has 0 aromatic heterocycles. The second kappa shape index (κ2) is 9.00. The molecule has 1 saturated heterocycles. The third-order valence-corrected chi connectivity index (χ3v) is 5.31. The zero-order chi connectivity index (χ0) is 18.4. The summed E-state index contributed by atoms with van der Waals surface area (Å²) in [6.45, 7) is 7.02. The molecule has 0 spiro atoms. The largest absolute Gasteiger partial charge is 0.350 e. The summed E-state index contributed by atoms with van der Waals surface area (Å²) in [6, 6.07) is 16.8. The van der Waals surface area contributed by atoms with Crippen LogP contribution in [0.5, 0.6) is 0 Å². The van der Waals surface area contributed by atoms with Crippen LogP contribution < -0.4 is 5.32 Å². The van der Waals surface area contributed by atoms with Crippen LogP contribution in [0.1, 0.15) is 58.8 Å².